The minimum Gasteiger partial charge on any atom is -0.416 e. The molecule has 0 bridgehead atoms. The lowest BCUT2D eigenvalue weighted by atomic mass is 9.94. The third-order valence-corrected chi connectivity index (χ3v) is 6.37. The molecule has 2 aromatic carbocycles. The molecular formula is C24H26FN3O2S. The zero-order valence-electron chi connectivity index (χ0n) is 17.4. The first-order valence-corrected chi connectivity index (χ1v) is 11.7. The quantitative estimate of drug-likeness (QED) is 0.449. The maximum Gasteiger partial charge on any atom is 0.277 e. The van der Waals surface area contributed by atoms with E-state index in [-0.39, 0.29) is 23.5 Å². The van der Waals surface area contributed by atoms with Gasteiger partial charge >= 0.3 is 0 Å². The van der Waals surface area contributed by atoms with Crippen molar-refractivity contribution in [1.29, 1.82) is 0 Å². The van der Waals surface area contributed by atoms with Gasteiger partial charge in [0.2, 0.25) is 11.8 Å². The molecule has 1 saturated carbocycles. The number of aromatic nitrogens is 2. The Bertz CT molecular complexity index is 972. The van der Waals surface area contributed by atoms with Gasteiger partial charge in [0.15, 0.2) is 0 Å². The summed E-state index contributed by atoms with van der Waals surface area (Å²) in [6.45, 7) is 0.493. The first kappa shape index (κ1) is 21.6. The summed E-state index contributed by atoms with van der Waals surface area (Å²) in [5.41, 5.74) is 2.04. The van der Waals surface area contributed by atoms with E-state index in [9.17, 15) is 9.18 Å². The van der Waals surface area contributed by atoms with Crippen LogP contribution in [0.2, 0.25) is 0 Å². The molecule has 0 spiro atoms. The van der Waals surface area contributed by atoms with Gasteiger partial charge in [-0.2, -0.15) is 0 Å². The van der Waals surface area contributed by atoms with Crippen LogP contribution in [0.25, 0.3) is 0 Å². The predicted octanol–water partition coefficient (Wildman–Crippen LogP) is 5.25. The molecule has 0 aliphatic heterocycles. The molecule has 0 radical (unpaired) electrons. The fourth-order valence-corrected chi connectivity index (χ4v) is 4.61. The van der Waals surface area contributed by atoms with Crippen LogP contribution in [0.1, 0.15) is 49.1 Å². The highest BCUT2D eigenvalue weighted by Gasteiger charge is 2.26. The minimum absolute atomic E-state index is 0.0454. The number of amides is 1. The van der Waals surface area contributed by atoms with Crippen molar-refractivity contribution in [3.05, 3.63) is 77.4 Å². The first-order chi connectivity index (χ1) is 15.2. The molecule has 0 saturated heterocycles. The molecule has 0 atom stereocenters. The van der Waals surface area contributed by atoms with Crippen molar-refractivity contribution in [1.82, 2.24) is 15.1 Å². The molecular weight excluding hydrogens is 413 g/mol. The van der Waals surface area contributed by atoms with Gasteiger partial charge in [0.1, 0.15) is 5.82 Å². The first-order valence-electron chi connectivity index (χ1n) is 10.7. The Morgan fingerprint density at radius 1 is 1.00 bits per heavy atom. The van der Waals surface area contributed by atoms with E-state index in [1.54, 1.807) is 12.1 Å². The summed E-state index contributed by atoms with van der Waals surface area (Å²) >= 11 is 1.27. The molecule has 5 nitrogen and oxygen atoms in total. The van der Waals surface area contributed by atoms with Crippen molar-refractivity contribution < 1.29 is 13.6 Å². The van der Waals surface area contributed by atoms with Crippen LogP contribution in [-0.4, -0.2) is 32.8 Å². The Kier molecular flexibility index (Phi) is 7.35. The summed E-state index contributed by atoms with van der Waals surface area (Å²) in [6.07, 6.45) is 6.09. The van der Waals surface area contributed by atoms with E-state index >= 15 is 0 Å². The molecule has 1 heterocycles. The topological polar surface area (TPSA) is 59.2 Å². The zero-order chi connectivity index (χ0) is 21.5. The number of thioether (sulfide) groups is 1. The lowest BCUT2D eigenvalue weighted by Gasteiger charge is -2.34. The lowest BCUT2D eigenvalue weighted by Crippen LogP contribution is -2.41. The van der Waals surface area contributed by atoms with Crippen molar-refractivity contribution in [2.75, 3.05) is 5.75 Å². The molecule has 1 aliphatic carbocycles. The highest BCUT2D eigenvalue weighted by molar-refractivity contribution is 7.99. The molecule has 1 aromatic heterocycles. The Balaban J connectivity index is 1.38. The van der Waals surface area contributed by atoms with E-state index in [1.807, 2.05) is 35.2 Å². The maximum absolute atomic E-state index is 13.3. The Labute approximate surface area is 186 Å². The van der Waals surface area contributed by atoms with E-state index < -0.39 is 0 Å². The van der Waals surface area contributed by atoms with Crippen LogP contribution in [0.5, 0.6) is 0 Å². The maximum atomic E-state index is 13.3. The second-order valence-electron chi connectivity index (χ2n) is 7.85. The second kappa shape index (κ2) is 10.6. The van der Waals surface area contributed by atoms with E-state index in [1.165, 1.54) is 30.3 Å². The summed E-state index contributed by atoms with van der Waals surface area (Å²) < 4.78 is 19.0. The molecule has 3 aromatic rings. The second-order valence-corrected chi connectivity index (χ2v) is 8.78. The van der Waals surface area contributed by atoms with Crippen LogP contribution in [0.4, 0.5) is 4.39 Å². The van der Waals surface area contributed by atoms with Gasteiger partial charge < -0.3 is 9.32 Å². The number of carbonyl (C=O) groups excluding carboxylic acids is 1. The van der Waals surface area contributed by atoms with Gasteiger partial charge in [-0.3, -0.25) is 4.79 Å². The molecule has 162 valence electrons. The van der Waals surface area contributed by atoms with Crippen LogP contribution in [0, 0.1) is 5.82 Å². The Morgan fingerprint density at radius 2 is 1.74 bits per heavy atom. The third-order valence-electron chi connectivity index (χ3n) is 5.57. The molecule has 0 N–H and O–H groups in total. The average Bonchev–Trinajstić information content (AvgIpc) is 3.25. The number of benzene rings is 2. The molecule has 4 rings (SSSR count). The number of halogens is 1. The molecule has 31 heavy (non-hydrogen) atoms. The largest absolute Gasteiger partial charge is 0.416 e. The summed E-state index contributed by atoms with van der Waals surface area (Å²) in [5, 5.41) is 8.59. The highest BCUT2D eigenvalue weighted by Crippen LogP contribution is 2.26. The zero-order valence-corrected chi connectivity index (χ0v) is 18.2. The Morgan fingerprint density at radius 3 is 2.48 bits per heavy atom. The van der Waals surface area contributed by atoms with Crippen LogP contribution in [0.15, 0.2) is 64.2 Å². The van der Waals surface area contributed by atoms with Crippen molar-refractivity contribution in [3.8, 4) is 0 Å². The van der Waals surface area contributed by atoms with Crippen LogP contribution < -0.4 is 0 Å². The standard InChI is InChI=1S/C24H26FN3O2S/c25-20-13-11-19(12-14-20)16-28(21-9-5-2-6-10-21)23(29)17-31-24-27-26-22(30-24)15-18-7-3-1-4-8-18/h1,3-4,7-8,11-14,21H,2,5-6,9-10,15-17H2. The fraction of sp³-hybridized carbons (Fsp3) is 0.375. The van der Waals surface area contributed by atoms with Crippen molar-refractivity contribution in [3.63, 3.8) is 0 Å². The minimum atomic E-state index is -0.266. The van der Waals surface area contributed by atoms with Gasteiger partial charge in [-0.25, -0.2) is 4.39 Å². The number of nitrogens with zero attached hydrogens (tertiary/aromatic N) is 3. The van der Waals surface area contributed by atoms with Gasteiger partial charge in [-0.15, -0.1) is 10.2 Å². The number of hydrogen-bond acceptors (Lipinski definition) is 5. The fourth-order valence-electron chi connectivity index (χ4n) is 3.94. The van der Waals surface area contributed by atoms with Crippen molar-refractivity contribution in [2.45, 2.75) is 56.3 Å². The average molecular weight is 440 g/mol. The van der Waals surface area contributed by atoms with Crippen LogP contribution in [-0.2, 0) is 17.8 Å². The normalized spacial score (nSPS) is 14.5. The number of hydrogen-bond donors (Lipinski definition) is 0. The van der Waals surface area contributed by atoms with Crippen LogP contribution in [0.3, 0.4) is 0 Å². The number of rotatable bonds is 8. The van der Waals surface area contributed by atoms with Gasteiger partial charge in [-0.05, 0) is 36.1 Å². The highest BCUT2D eigenvalue weighted by atomic mass is 32.2. The van der Waals surface area contributed by atoms with Gasteiger partial charge in [-0.1, -0.05) is 73.5 Å². The van der Waals surface area contributed by atoms with Crippen molar-refractivity contribution in [2.24, 2.45) is 0 Å². The van der Waals surface area contributed by atoms with E-state index in [0.29, 0.717) is 24.1 Å². The van der Waals surface area contributed by atoms with Crippen molar-refractivity contribution >= 4 is 17.7 Å². The molecule has 0 unspecified atom stereocenters. The van der Waals surface area contributed by atoms with Gasteiger partial charge in [0.25, 0.3) is 5.22 Å². The SMILES string of the molecule is O=C(CSc1nnc(Cc2ccccc2)o1)N(Cc1ccc(F)cc1)C1CCCCC1. The molecule has 1 amide bonds. The lowest BCUT2D eigenvalue weighted by molar-refractivity contribution is -0.132. The molecule has 1 aliphatic rings. The molecule has 7 heteroatoms. The third kappa shape index (κ3) is 6.17. The Hall–Kier alpha value is -2.67. The van der Waals surface area contributed by atoms with Gasteiger partial charge in [0.05, 0.1) is 12.2 Å². The van der Waals surface area contributed by atoms with Crippen LogP contribution >= 0.6 is 11.8 Å². The van der Waals surface area contributed by atoms with E-state index in [4.69, 9.17) is 4.42 Å². The van der Waals surface area contributed by atoms with Gasteiger partial charge in [0, 0.05) is 12.6 Å². The van der Waals surface area contributed by atoms with E-state index in [2.05, 4.69) is 10.2 Å². The van der Waals surface area contributed by atoms with E-state index in [0.717, 1.165) is 36.8 Å². The number of carbonyl (C=O) groups is 1. The summed E-state index contributed by atoms with van der Waals surface area (Å²) in [4.78, 5) is 15.1. The smallest absolute Gasteiger partial charge is 0.277 e. The molecule has 1 fully saturated rings. The summed E-state index contributed by atoms with van der Waals surface area (Å²) in [6, 6.07) is 16.6. The predicted molar refractivity (Wildman–Crippen MR) is 118 cm³/mol. The monoisotopic (exact) mass is 439 g/mol. The summed E-state index contributed by atoms with van der Waals surface area (Å²) in [5.74, 6) is 0.558. The summed E-state index contributed by atoms with van der Waals surface area (Å²) in [7, 11) is 0.